The molecule has 214 valence electrons. The maximum atomic E-state index is 13.2. The maximum Gasteiger partial charge on any atom is 0.237 e. The molecule has 0 fully saturated rings. The average Bonchev–Trinajstić information content (AvgIpc) is 3.05. The lowest BCUT2D eigenvalue weighted by Gasteiger charge is -2.17. The van der Waals surface area contributed by atoms with Crippen molar-refractivity contribution in [3.05, 3.63) is 126 Å². The molecule has 1 N–H and O–H groups in total. The first kappa shape index (κ1) is 29.4. The van der Waals surface area contributed by atoms with E-state index in [4.69, 9.17) is 14.5 Å². The smallest absolute Gasteiger partial charge is 0.237 e. The number of hydrogen-bond donors (Lipinski definition) is 1. The highest BCUT2D eigenvalue weighted by Gasteiger charge is 2.22. The SMILES string of the molecule is COc1cc(-c2cc(-c3ccccc3)nc(SC(C)C(=O)Nc3ccccc3C)c2C#N)ccc1OCc1ccccc1. The Morgan fingerprint density at radius 1 is 0.907 bits per heavy atom. The second-order valence-electron chi connectivity index (χ2n) is 9.92. The largest absolute Gasteiger partial charge is 0.493 e. The molecule has 0 saturated carbocycles. The highest BCUT2D eigenvalue weighted by molar-refractivity contribution is 8.00. The number of carbonyl (C=O) groups excluding carboxylic acids is 1. The van der Waals surface area contributed by atoms with Crippen molar-refractivity contribution in [3.8, 4) is 40.0 Å². The van der Waals surface area contributed by atoms with Crippen molar-refractivity contribution in [2.24, 2.45) is 0 Å². The summed E-state index contributed by atoms with van der Waals surface area (Å²) in [5, 5.41) is 13.3. The van der Waals surface area contributed by atoms with Crippen LogP contribution in [0.1, 0.15) is 23.6 Å². The van der Waals surface area contributed by atoms with Crippen LogP contribution in [0.4, 0.5) is 5.69 Å². The van der Waals surface area contributed by atoms with Crippen LogP contribution in [0.3, 0.4) is 0 Å². The number of nitrogens with zero attached hydrogens (tertiary/aromatic N) is 2. The van der Waals surface area contributed by atoms with E-state index in [9.17, 15) is 10.1 Å². The first-order chi connectivity index (χ1) is 21.0. The minimum atomic E-state index is -0.513. The molecule has 0 aliphatic rings. The van der Waals surface area contributed by atoms with Crippen molar-refractivity contribution in [3.63, 3.8) is 0 Å². The lowest BCUT2D eigenvalue weighted by molar-refractivity contribution is -0.115. The van der Waals surface area contributed by atoms with Gasteiger partial charge in [0.1, 0.15) is 17.7 Å². The summed E-state index contributed by atoms with van der Waals surface area (Å²) >= 11 is 1.26. The third kappa shape index (κ3) is 7.06. The number of pyridine rings is 1. The van der Waals surface area contributed by atoms with Crippen LogP contribution in [0.15, 0.2) is 114 Å². The summed E-state index contributed by atoms with van der Waals surface area (Å²) in [7, 11) is 1.59. The van der Waals surface area contributed by atoms with Crippen LogP contribution >= 0.6 is 11.8 Å². The number of aryl methyl sites for hydroxylation is 1. The maximum absolute atomic E-state index is 13.2. The van der Waals surface area contributed by atoms with Crippen molar-refractivity contribution in [1.82, 2.24) is 4.98 Å². The Balaban J connectivity index is 1.51. The quantitative estimate of drug-likeness (QED) is 0.166. The number of hydrogen-bond acceptors (Lipinski definition) is 6. The Hall–Kier alpha value is -5.06. The number of anilines is 1. The molecule has 5 rings (SSSR count). The van der Waals surface area contributed by atoms with Gasteiger partial charge >= 0.3 is 0 Å². The molecule has 0 radical (unpaired) electrons. The predicted octanol–water partition coefficient (Wildman–Crippen LogP) is 8.30. The minimum absolute atomic E-state index is 0.168. The summed E-state index contributed by atoms with van der Waals surface area (Å²) < 4.78 is 11.8. The molecule has 0 spiro atoms. The van der Waals surface area contributed by atoms with Gasteiger partial charge < -0.3 is 14.8 Å². The summed E-state index contributed by atoms with van der Waals surface area (Å²) in [6, 6.07) is 37.2. The van der Waals surface area contributed by atoms with Crippen LogP contribution in [0.5, 0.6) is 11.5 Å². The molecule has 1 unspecified atom stereocenters. The summed E-state index contributed by atoms with van der Waals surface area (Å²) in [6.45, 7) is 4.17. The van der Waals surface area contributed by atoms with Gasteiger partial charge in [0.2, 0.25) is 5.91 Å². The number of methoxy groups -OCH3 is 1. The van der Waals surface area contributed by atoms with Crippen LogP contribution in [-0.2, 0) is 11.4 Å². The number of ether oxygens (including phenoxy) is 2. The summed E-state index contributed by atoms with van der Waals surface area (Å²) in [6.07, 6.45) is 0. The van der Waals surface area contributed by atoms with Gasteiger partial charge in [-0.1, -0.05) is 96.7 Å². The number of thioether (sulfide) groups is 1. The highest BCUT2D eigenvalue weighted by Crippen LogP contribution is 2.39. The normalized spacial score (nSPS) is 11.3. The lowest BCUT2D eigenvalue weighted by atomic mass is 9.99. The Morgan fingerprint density at radius 3 is 2.30 bits per heavy atom. The average molecular weight is 586 g/mol. The third-order valence-electron chi connectivity index (χ3n) is 6.94. The third-order valence-corrected chi connectivity index (χ3v) is 8.03. The fourth-order valence-corrected chi connectivity index (χ4v) is 5.48. The van der Waals surface area contributed by atoms with E-state index < -0.39 is 5.25 Å². The van der Waals surface area contributed by atoms with E-state index in [1.54, 1.807) is 7.11 Å². The fraction of sp³-hybridized carbons (Fsp3) is 0.139. The van der Waals surface area contributed by atoms with E-state index in [1.165, 1.54) is 11.8 Å². The summed E-state index contributed by atoms with van der Waals surface area (Å²) in [5.74, 6) is 0.982. The van der Waals surface area contributed by atoms with Gasteiger partial charge in [0.25, 0.3) is 0 Å². The molecule has 6 nitrogen and oxygen atoms in total. The number of rotatable bonds is 10. The Bertz CT molecular complexity index is 1770. The molecular weight excluding hydrogens is 554 g/mol. The summed E-state index contributed by atoms with van der Waals surface area (Å²) in [5.41, 5.74) is 6.24. The lowest BCUT2D eigenvalue weighted by Crippen LogP contribution is -2.23. The summed E-state index contributed by atoms with van der Waals surface area (Å²) in [4.78, 5) is 18.1. The van der Waals surface area contributed by atoms with E-state index >= 15 is 0 Å². The zero-order chi connectivity index (χ0) is 30.2. The van der Waals surface area contributed by atoms with E-state index in [-0.39, 0.29) is 5.91 Å². The van der Waals surface area contributed by atoms with Crippen LogP contribution < -0.4 is 14.8 Å². The minimum Gasteiger partial charge on any atom is -0.493 e. The molecular formula is C36H31N3O3S. The molecule has 1 atom stereocenters. The predicted molar refractivity (Wildman–Crippen MR) is 172 cm³/mol. The topological polar surface area (TPSA) is 84.2 Å². The standard InChI is InChI=1S/C36H31N3O3S/c1-24-12-10-11-17-31(24)38-35(40)25(2)43-36-30(22-37)29(21-32(39-36)27-15-8-5-9-16-27)28-18-19-33(34(20-28)41-3)42-23-26-13-6-4-7-14-26/h4-21,25H,23H2,1-3H3,(H,38,40). The Morgan fingerprint density at radius 2 is 1.60 bits per heavy atom. The van der Waals surface area contributed by atoms with E-state index in [2.05, 4.69) is 11.4 Å². The van der Waals surface area contributed by atoms with E-state index in [0.29, 0.717) is 40.0 Å². The molecule has 0 bridgehead atoms. The van der Waals surface area contributed by atoms with E-state index in [1.807, 2.05) is 123 Å². The highest BCUT2D eigenvalue weighted by atomic mass is 32.2. The molecule has 0 aliphatic carbocycles. The Kier molecular flexibility index (Phi) is 9.40. The van der Waals surface area contributed by atoms with Crippen LogP contribution in [0, 0.1) is 18.3 Å². The zero-order valence-corrected chi connectivity index (χ0v) is 25.0. The van der Waals surface area contributed by atoms with Gasteiger partial charge in [-0.3, -0.25) is 4.79 Å². The first-order valence-electron chi connectivity index (χ1n) is 13.9. The number of aromatic nitrogens is 1. The molecule has 5 aromatic rings. The number of para-hydroxylation sites is 1. The van der Waals surface area contributed by atoms with Crippen LogP contribution in [-0.4, -0.2) is 23.3 Å². The second-order valence-corrected chi connectivity index (χ2v) is 11.2. The molecule has 0 saturated heterocycles. The molecule has 4 aromatic carbocycles. The van der Waals surface area contributed by atoms with Crippen molar-refractivity contribution in [1.29, 1.82) is 5.26 Å². The van der Waals surface area contributed by atoms with Gasteiger partial charge in [-0.25, -0.2) is 4.98 Å². The van der Waals surface area contributed by atoms with Gasteiger partial charge in [-0.05, 0) is 54.8 Å². The van der Waals surface area contributed by atoms with Crippen LogP contribution in [0.25, 0.3) is 22.4 Å². The number of nitriles is 1. The van der Waals surface area contributed by atoms with E-state index in [0.717, 1.165) is 27.9 Å². The first-order valence-corrected chi connectivity index (χ1v) is 14.7. The molecule has 43 heavy (non-hydrogen) atoms. The number of benzene rings is 4. The monoisotopic (exact) mass is 585 g/mol. The van der Waals surface area contributed by atoms with Crippen molar-refractivity contribution < 1.29 is 14.3 Å². The van der Waals surface area contributed by atoms with Gasteiger partial charge in [0.15, 0.2) is 11.5 Å². The second kappa shape index (κ2) is 13.7. The van der Waals surface area contributed by atoms with Crippen molar-refractivity contribution >= 4 is 23.4 Å². The number of amides is 1. The fourth-order valence-electron chi connectivity index (χ4n) is 4.56. The molecule has 1 aromatic heterocycles. The number of carbonyl (C=O) groups is 1. The van der Waals surface area contributed by atoms with Crippen LogP contribution in [0.2, 0.25) is 0 Å². The molecule has 7 heteroatoms. The van der Waals surface area contributed by atoms with Crippen molar-refractivity contribution in [2.75, 3.05) is 12.4 Å². The number of nitrogens with one attached hydrogen (secondary N) is 1. The zero-order valence-electron chi connectivity index (χ0n) is 24.2. The van der Waals surface area contributed by atoms with Gasteiger partial charge in [-0.15, -0.1) is 0 Å². The molecule has 1 heterocycles. The van der Waals surface area contributed by atoms with Gasteiger partial charge in [0, 0.05) is 16.8 Å². The van der Waals surface area contributed by atoms with Crippen molar-refractivity contribution in [2.45, 2.75) is 30.7 Å². The molecule has 1 amide bonds. The van der Waals surface area contributed by atoms with Gasteiger partial charge in [-0.2, -0.15) is 5.26 Å². The van der Waals surface area contributed by atoms with Gasteiger partial charge in [0.05, 0.1) is 23.6 Å². The Labute approximate surface area is 256 Å². The molecule has 0 aliphatic heterocycles.